The maximum absolute atomic E-state index is 9.64. The molecule has 1 aliphatic heterocycles. The molecule has 1 aliphatic rings. The van der Waals surface area contributed by atoms with E-state index in [0.29, 0.717) is 0 Å². The van der Waals surface area contributed by atoms with E-state index in [1.54, 1.807) is 0 Å². The lowest BCUT2D eigenvalue weighted by molar-refractivity contribution is 0.127. The topological polar surface area (TPSA) is 35.5 Å². The number of aliphatic hydroxyl groups is 1. The van der Waals surface area contributed by atoms with Crippen LogP contribution in [0.4, 0.5) is 0 Å². The van der Waals surface area contributed by atoms with Crippen molar-refractivity contribution in [1.29, 1.82) is 0 Å². The molecule has 0 aromatic rings. The zero-order chi connectivity index (χ0) is 14.1. The van der Waals surface area contributed by atoms with E-state index in [1.165, 1.54) is 38.6 Å². The van der Waals surface area contributed by atoms with Crippen LogP contribution in [0, 0.1) is 0 Å². The molecule has 0 aromatic heterocycles. The summed E-state index contributed by atoms with van der Waals surface area (Å²) >= 11 is 0. The second-order valence-corrected chi connectivity index (χ2v) is 6.34. The molecule has 0 radical (unpaired) electrons. The molecular formula is C16H34N2O. The number of rotatable bonds is 8. The lowest BCUT2D eigenvalue weighted by Gasteiger charge is -2.35. The molecule has 1 heterocycles. The van der Waals surface area contributed by atoms with Crippen LogP contribution in [-0.2, 0) is 0 Å². The van der Waals surface area contributed by atoms with Crippen LogP contribution < -0.4 is 5.32 Å². The first-order valence-corrected chi connectivity index (χ1v) is 8.25. The zero-order valence-electron chi connectivity index (χ0n) is 13.2. The average Bonchev–Trinajstić information content (AvgIpc) is 2.67. The second-order valence-electron chi connectivity index (χ2n) is 6.34. The number of hydrogen-bond acceptors (Lipinski definition) is 3. The van der Waals surface area contributed by atoms with Crippen LogP contribution in [0.1, 0.15) is 65.7 Å². The molecule has 19 heavy (non-hydrogen) atoms. The van der Waals surface area contributed by atoms with Crippen molar-refractivity contribution in [3.05, 3.63) is 0 Å². The summed E-state index contributed by atoms with van der Waals surface area (Å²) < 4.78 is 0. The van der Waals surface area contributed by atoms with Crippen molar-refractivity contribution in [2.75, 3.05) is 26.2 Å². The van der Waals surface area contributed by atoms with Gasteiger partial charge in [0.15, 0.2) is 0 Å². The second kappa shape index (κ2) is 8.93. The third kappa shape index (κ3) is 5.80. The SMILES string of the molecule is CCCNC(C)(CO)CCN1CCCCCC1CC. The molecule has 3 nitrogen and oxygen atoms in total. The predicted molar refractivity (Wildman–Crippen MR) is 82.5 cm³/mol. The molecule has 0 amide bonds. The molecule has 3 heteroatoms. The van der Waals surface area contributed by atoms with E-state index in [0.717, 1.165) is 32.0 Å². The van der Waals surface area contributed by atoms with Gasteiger partial charge in [0.05, 0.1) is 6.61 Å². The first-order chi connectivity index (χ1) is 9.15. The van der Waals surface area contributed by atoms with Gasteiger partial charge >= 0.3 is 0 Å². The number of likely N-dealkylation sites (tertiary alicyclic amines) is 1. The predicted octanol–water partition coefficient (Wildman–Crippen LogP) is 2.78. The van der Waals surface area contributed by atoms with E-state index in [1.807, 2.05) is 0 Å². The summed E-state index contributed by atoms with van der Waals surface area (Å²) in [4.78, 5) is 2.66. The summed E-state index contributed by atoms with van der Waals surface area (Å²) in [5.74, 6) is 0. The first-order valence-electron chi connectivity index (χ1n) is 8.25. The van der Waals surface area contributed by atoms with Gasteiger partial charge in [-0.2, -0.15) is 0 Å². The van der Waals surface area contributed by atoms with Gasteiger partial charge in [0.2, 0.25) is 0 Å². The van der Waals surface area contributed by atoms with E-state index in [4.69, 9.17) is 0 Å². The Labute approximate surface area is 119 Å². The van der Waals surface area contributed by atoms with Crippen molar-refractivity contribution in [3.63, 3.8) is 0 Å². The molecule has 2 unspecified atom stereocenters. The first kappa shape index (κ1) is 16.9. The Bertz CT molecular complexity index is 235. The maximum atomic E-state index is 9.64. The van der Waals surface area contributed by atoms with E-state index >= 15 is 0 Å². The Balaban J connectivity index is 2.46. The van der Waals surface area contributed by atoms with Gasteiger partial charge in [-0.1, -0.05) is 26.7 Å². The minimum Gasteiger partial charge on any atom is -0.394 e. The van der Waals surface area contributed by atoms with Crippen LogP contribution in [0.3, 0.4) is 0 Å². The maximum Gasteiger partial charge on any atom is 0.0611 e. The monoisotopic (exact) mass is 270 g/mol. The Kier molecular flexibility index (Phi) is 7.96. The normalized spacial score (nSPS) is 24.9. The Morgan fingerprint density at radius 3 is 2.68 bits per heavy atom. The van der Waals surface area contributed by atoms with Crippen molar-refractivity contribution >= 4 is 0 Å². The average molecular weight is 270 g/mol. The summed E-state index contributed by atoms with van der Waals surface area (Å²) in [6.45, 7) is 10.2. The molecule has 1 rings (SSSR count). The van der Waals surface area contributed by atoms with Crippen LogP contribution in [0.5, 0.6) is 0 Å². The molecule has 0 aromatic carbocycles. The van der Waals surface area contributed by atoms with Crippen LogP contribution >= 0.6 is 0 Å². The van der Waals surface area contributed by atoms with Gasteiger partial charge in [-0.05, 0) is 52.1 Å². The molecule has 1 fully saturated rings. The Morgan fingerprint density at radius 1 is 1.26 bits per heavy atom. The third-order valence-electron chi connectivity index (χ3n) is 4.57. The van der Waals surface area contributed by atoms with Crippen molar-refractivity contribution in [2.45, 2.75) is 77.3 Å². The molecule has 2 N–H and O–H groups in total. The van der Waals surface area contributed by atoms with Gasteiger partial charge in [-0.3, -0.25) is 0 Å². The summed E-state index contributed by atoms with van der Waals surface area (Å²) in [6, 6.07) is 0.761. The van der Waals surface area contributed by atoms with E-state index in [2.05, 4.69) is 31.0 Å². The summed E-state index contributed by atoms with van der Waals surface area (Å²) in [5, 5.41) is 13.1. The zero-order valence-corrected chi connectivity index (χ0v) is 13.2. The molecule has 0 bridgehead atoms. The van der Waals surface area contributed by atoms with E-state index in [-0.39, 0.29) is 12.1 Å². The fraction of sp³-hybridized carbons (Fsp3) is 1.00. The molecule has 0 saturated carbocycles. The quantitative estimate of drug-likeness (QED) is 0.712. The lowest BCUT2D eigenvalue weighted by atomic mass is 9.97. The number of nitrogens with one attached hydrogen (secondary N) is 1. The number of aliphatic hydroxyl groups excluding tert-OH is 1. The summed E-state index contributed by atoms with van der Waals surface area (Å²) in [5.41, 5.74) is -0.111. The Hall–Kier alpha value is -0.120. The van der Waals surface area contributed by atoms with Crippen molar-refractivity contribution in [1.82, 2.24) is 10.2 Å². The van der Waals surface area contributed by atoms with E-state index < -0.39 is 0 Å². The van der Waals surface area contributed by atoms with Gasteiger partial charge < -0.3 is 15.3 Å². The lowest BCUT2D eigenvalue weighted by Crippen LogP contribution is -2.49. The van der Waals surface area contributed by atoms with Crippen LogP contribution in [0.2, 0.25) is 0 Å². The largest absolute Gasteiger partial charge is 0.394 e. The minimum absolute atomic E-state index is 0.111. The molecular weight excluding hydrogens is 236 g/mol. The number of nitrogens with zero attached hydrogens (tertiary/aromatic N) is 1. The molecule has 0 aliphatic carbocycles. The smallest absolute Gasteiger partial charge is 0.0611 e. The molecule has 0 spiro atoms. The molecule has 1 saturated heterocycles. The van der Waals surface area contributed by atoms with Gasteiger partial charge in [0.25, 0.3) is 0 Å². The summed E-state index contributed by atoms with van der Waals surface area (Å²) in [7, 11) is 0. The fourth-order valence-corrected chi connectivity index (χ4v) is 3.03. The standard InChI is InChI=1S/C16H34N2O/c1-4-11-17-16(3,14-19)10-13-18-12-8-6-7-9-15(18)5-2/h15,17,19H,4-14H2,1-3H3. The molecule has 2 atom stereocenters. The highest BCUT2D eigenvalue weighted by molar-refractivity contribution is 4.85. The number of hydrogen-bond donors (Lipinski definition) is 2. The van der Waals surface area contributed by atoms with Gasteiger partial charge in [-0.15, -0.1) is 0 Å². The van der Waals surface area contributed by atoms with Crippen LogP contribution in [-0.4, -0.2) is 47.8 Å². The highest BCUT2D eigenvalue weighted by atomic mass is 16.3. The Morgan fingerprint density at radius 2 is 2.05 bits per heavy atom. The fourth-order valence-electron chi connectivity index (χ4n) is 3.03. The van der Waals surface area contributed by atoms with E-state index in [9.17, 15) is 5.11 Å². The van der Waals surface area contributed by atoms with Crippen LogP contribution in [0.15, 0.2) is 0 Å². The third-order valence-corrected chi connectivity index (χ3v) is 4.57. The highest BCUT2D eigenvalue weighted by Gasteiger charge is 2.25. The van der Waals surface area contributed by atoms with Crippen molar-refractivity contribution < 1.29 is 5.11 Å². The van der Waals surface area contributed by atoms with Crippen molar-refractivity contribution in [2.24, 2.45) is 0 Å². The highest BCUT2D eigenvalue weighted by Crippen LogP contribution is 2.21. The van der Waals surface area contributed by atoms with Crippen LogP contribution in [0.25, 0.3) is 0 Å². The van der Waals surface area contributed by atoms with Crippen molar-refractivity contribution in [3.8, 4) is 0 Å². The molecule has 114 valence electrons. The minimum atomic E-state index is -0.111. The van der Waals surface area contributed by atoms with Gasteiger partial charge in [-0.25, -0.2) is 0 Å². The van der Waals surface area contributed by atoms with Gasteiger partial charge in [0, 0.05) is 18.1 Å². The van der Waals surface area contributed by atoms with Gasteiger partial charge in [0.1, 0.15) is 0 Å². The summed E-state index contributed by atoms with van der Waals surface area (Å²) in [6.07, 6.45) is 8.90.